The first-order chi connectivity index (χ1) is 8.56. The highest BCUT2D eigenvalue weighted by Gasteiger charge is 2.12. The molecule has 0 aliphatic heterocycles. The topological polar surface area (TPSA) is 91.2 Å². The van der Waals surface area contributed by atoms with Gasteiger partial charge in [0, 0.05) is 5.02 Å². The number of primary amides is 1. The number of hydrogen-bond donors (Lipinski definition) is 2. The molecule has 1 heterocycles. The first kappa shape index (κ1) is 12.2. The molecule has 0 radical (unpaired) electrons. The predicted molar refractivity (Wildman–Crippen MR) is 68.7 cm³/mol. The summed E-state index contributed by atoms with van der Waals surface area (Å²) in [6.07, 6.45) is 1.39. The zero-order valence-electron chi connectivity index (χ0n) is 9.26. The average Bonchev–Trinajstić information content (AvgIpc) is 2.34. The van der Waals surface area contributed by atoms with E-state index < -0.39 is 5.91 Å². The summed E-state index contributed by atoms with van der Waals surface area (Å²) in [6, 6.07) is 8.06. The van der Waals surface area contributed by atoms with Crippen molar-refractivity contribution < 1.29 is 9.53 Å². The van der Waals surface area contributed by atoms with Crippen molar-refractivity contribution in [1.82, 2.24) is 4.98 Å². The van der Waals surface area contributed by atoms with Crippen LogP contribution in [0.15, 0.2) is 36.5 Å². The highest BCUT2D eigenvalue weighted by molar-refractivity contribution is 6.30. The van der Waals surface area contributed by atoms with E-state index in [2.05, 4.69) is 4.98 Å². The molecule has 1 aromatic heterocycles. The molecule has 2 rings (SSSR count). The van der Waals surface area contributed by atoms with E-state index >= 15 is 0 Å². The summed E-state index contributed by atoms with van der Waals surface area (Å²) in [5.74, 6) is -0.0445. The minimum absolute atomic E-state index is 0.110. The number of rotatable bonds is 3. The molecule has 0 saturated carbocycles. The number of hydrogen-bond acceptors (Lipinski definition) is 4. The second-order valence-electron chi connectivity index (χ2n) is 3.54. The van der Waals surface area contributed by atoms with Gasteiger partial charge in [0.05, 0.1) is 11.9 Å². The van der Waals surface area contributed by atoms with Gasteiger partial charge in [0.15, 0.2) is 0 Å². The van der Waals surface area contributed by atoms with Crippen molar-refractivity contribution in [3.05, 3.63) is 47.1 Å². The molecular formula is C12H10ClN3O2. The van der Waals surface area contributed by atoms with Gasteiger partial charge < -0.3 is 16.2 Å². The van der Waals surface area contributed by atoms with Crippen LogP contribution in [-0.4, -0.2) is 10.9 Å². The van der Waals surface area contributed by atoms with Crippen molar-refractivity contribution in [3.8, 4) is 11.6 Å². The Morgan fingerprint density at radius 3 is 2.56 bits per heavy atom. The number of nitrogen functional groups attached to an aromatic ring is 1. The lowest BCUT2D eigenvalue weighted by Gasteiger charge is -2.08. The number of carbonyl (C=O) groups excluding carboxylic acids is 1. The summed E-state index contributed by atoms with van der Waals surface area (Å²) >= 11 is 5.76. The minimum atomic E-state index is -0.654. The SMILES string of the molecule is NC(=O)c1cc(N)cnc1Oc1ccc(Cl)cc1. The summed E-state index contributed by atoms with van der Waals surface area (Å²) < 4.78 is 5.45. The molecule has 0 unspecified atom stereocenters. The fraction of sp³-hybridized carbons (Fsp3) is 0. The first-order valence-electron chi connectivity index (χ1n) is 5.05. The monoisotopic (exact) mass is 263 g/mol. The molecule has 0 saturated heterocycles. The Morgan fingerprint density at radius 1 is 1.28 bits per heavy atom. The number of pyridine rings is 1. The third-order valence-electron chi connectivity index (χ3n) is 2.17. The Balaban J connectivity index is 2.34. The van der Waals surface area contributed by atoms with Crippen molar-refractivity contribution in [2.24, 2.45) is 5.73 Å². The van der Waals surface area contributed by atoms with Crippen LogP contribution >= 0.6 is 11.6 Å². The van der Waals surface area contributed by atoms with Gasteiger partial charge in [-0.1, -0.05) is 11.6 Å². The molecule has 0 atom stereocenters. The third kappa shape index (κ3) is 2.70. The fourth-order valence-corrected chi connectivity index (χ4v) is 1.47. The minimum Gasteiger partial charge on any atom is -0.438 e. The van der Waals surface area contributed by atoms with E-state index in [-0.39, 0.29) is 11.4 Å². The zero-order valence-corrected chi connectivity index (χ0v) is 10.0. The molecule has 2 aromatic rings. The molecule has 18 heavy (non-hydrogen) atoms. The maximum atomic E-state index is 11.2. The molecule has 5 nitrogen and oxygen atoms in total. The molecule has 0 spiro atoms. The van der Waals surface area contributed by atoms with Crippen LogP contribution in [0.3, 0.4) is 0 Å². The van der Waals surface area contributed by atoms with Crippen molar-refractivity contribution in [1.29, 1.82) is 0 Å². The summed E-state index contributed by atoms with van der Waals surface area (Å²) in [6.45, 7) is 0. The Kier molecular flexibility index (Phi) is 3.34. The van der Waals surface area contributed by atoms with Crippen LogP contribution in [-0.2, 0) is 0 Å². The van der Waals surface area contributed by atoms with E-state index in [0.717, 1.165) is 0 Å². The normalized spacial score (nSPS) is 10.1. The Hall–Kier alpha value is -2.27. The predicted octanol–water partition coefficient (Wildman–Crippen LogP) is 2.21. The van der Waals surface area contributed by atoms with Crippen LogP contribution in [0.5, 0.6) is 11.6 Å². The van der Waals surface area contributed by atoms with Crippen molar-refractivity contribution in [2.45, 2.75) is 0 Å². The maximum absolute atomic E-state index is 11.2. The van der Waals surface area contributed by atoms with Crippen LogP contribution in [0.1, 0.15) is 10.4 Å². The molecule has 0 bridgehead atoms. The van der Waals surface area contributed by atoms with Crippen molar-refractivity contribution in [3.63, 3.8) is 0 Å². The van der Waals surface area contributed by atoms with Crippen LogP contribution in [0, 0.1) is 0 Å². The summed E-state index contributed by atoms with van der Waals surface area (Å²) in [4.78, 5) is 15.2. The van der Waals surface area contributed by atoms with E-state index in [1.165, 1.54) is 12.3 Å². The largest absolute Gasteiger partial charge is 0.438 e. The maximum Gasteiger partial charge on any atom is 0.254 e. The molecule has 1 amide bonds. The number of benzene rings is 1. The number of amides is 1. The number of anilines is 1. The quantitative estimate of drug-likeness (QED) is 0.888. The molecule has 4 N–H and O–H groups in total. The van der Waals surface area contributed by atoms with E-state index in [9.17, 15) is 4.79 Å². The third-order valence-corrected chi connectivity index (χ3v) is 2.42. The van der Waals surface area contributed by atoms with Crippen LogP contribution in [0.25, 0.3) is 0 Å². The lowest BCUT2D eigenvalue weighted by molar-refractivity contribution is 0.0997. The highest BCUT2D eigenvalue weighted by Crippen LogP contribution is 2.25. The summed E-state index contributed by atoms with van der Waals surface area (Å²) in [5, 5.41) is 0.586. The molecule has 1 aromatic carbocycles. The van der Waals surface area contributed by atoms with Crippen LogP contribution in [0.4, 0.5) is 5.69 Å². The lowest BCUT2D eigenvalue weighted by atomic mass is 10.2. The molecule has 0 aliphatic rings. The molecule has 0 fully saturated rings. The van der Waals surface area contributed by atoms with Gasteiger partial charge in [-0.15, -0.1) is 0 Å². The Labute approximate surface area is 108 Å². The number of ether oxygens (including phenoxy) is 1. The van der Waals surface area contributed by atoms with Gasteiger partial charge in [-0.2, -0.15) is 0 Å². The summed E-state index contributed by atoms with van der Waals surface area (Å²) in [5.41, 5.74) is 11.2. The van der Waals surface area contributed by atoms with Crippen molar-refractivity contribution >= 4 is 23.2 Å². The zero-order chi connectivity index (χ0) is 13.1. The second-order valence-corrected chi connectivity index (χ2v) is 3.98. The second kappa shape index (κ2) is 4.93. The number of aromatic nitrogens is 1. The average molecular weight is 264 g/mol. The van der Waals surface area contributed by atoms with Gasteiger partial charge in [-0.25, -0.2) is 4.98 Å². The van der Waals surface area contributed by atoms with Gasteiger partial charge in [0.25, 0.3) is 5.91 Å². The Morgan fingerprint density at radius 2 is 1.94 bits per heavy atom. The van der Waals surface area contributed by atoms with Crippen LogP contribution in [0.2, 0.25) is 5.02 Å². The smallest absolute Gasteiger partial charge is 0.254 e. The van der Waals surface area contributed by atoms with Gasteiger partial charge >= 0.3 is 0 Å². The lowest BCUT2D eigenvalue weighted by Crippen LogP contribution is -2.13. The van der Waals surface area contributed by atoms with Gasteiger partial charge in [-0.05, 0) is 30.3 Å². The standard InChI is InChI=1S/C12H10ClN3O2/c13-7-1-3-9(4-2-7)18-12-10(11(15)17)5-8(14)6-16-12/h1-6H,14H2,(H2,15,17). The fourth-order valence-electron chi connectivity index (χ4n) is 1.34. The molecule has 0 aliphatic carbocycles. The summed E-state index contributed by atoms with van der Waals surface area (Å²) in [7, 11) is 0. The number of halogens is 1. The molecule has 6 heteroatoms. The molecule has 92 valence electrons. The van der Waals surface area contributed by atoms with E-state index in [1.807, 2.05) is 0 Å². The molecular weight excluding hydrogens is 254 g/mol. The number of nitrogens with zero attached hydrogens (tertiary/aromatic N) is 1. The van der Waals surface area contributed by atoms with E-state index in [1.54, 1.807) is 24.3 Å². The van der Waals surface area contributed by atoms with Gasteiger partial charge in [0.1, 0.15) is 11.3 Å². The Bertz CT molecular complexity index is 584. The van der Waals surface area contributed by atoms with E-state index in [0.29, 0.717) is 16.5 Å². The highest BCUT2D eigenvalue weighted by atomic mass is 35.5. The van der Waals surface area contributed by atoms with Gasteiger partial charge in [-0.3, -0.25) is 4.79 Å². The number of carbonyl (C=O) groups is 1. The van der Waals surface area contributed by atoms with Crippen LogP contribution < -0.4 is 16.2 Å². The number of nitrogens with two attached hydrogens (primary N) is 2. The van der Waals surface area contributed by atoms with Gasteiger partial charge in [0.2, 0.25) is 5.88 Å². The van der Waals surface area contributed by atoms with Crippen molar-refractivity contribution in [2.75, 3.05) is 5.73 Å². The first-order valence-corrected chi connectivity index (χ1v) is 5.43. The van der Waals surface area contributed by atoms with E-state index in [4.69, 9.17) is 27.8 Å².